The van der Waals surface area contributed by atoms with Crippen LogP contribution in [0.25, 0.3) is 10.9 Å². The number of aromatic nitrogens is 1. The molecule has 2 aromatic rings. The topological polar surface area (TPSA) is 53.1 Å². The van der Waals surface area contributed by atoms with Crippen LogP contribution in [0.4, 0.5) is 0 Å². The molecular formula is C16H19NO2. The predicted octanol–water partition coefficient (Wildman–Crippen LogP) is 3.69. The molecule has 0 unspecified atom stereocenters. The van der Waals surface area contributed by atoms with Crippen molar-refractivity contribution >= 4 is 16.9 Å². The van der Waals surface area contributed by atoms with Crippen LogP contribution in [0.5, 0.6) is 0 Å². The molecule has 1 aromatic heterocycles. The van der Waals surface area contributed by atoms with Crippen LogP contribution in [0.3, 0.4) is 0 Å². The van der Waals surface area contributed by atoms with Gasteiger partial charge in [-0.2, -0.15) is 0 Å². The number of H-pyrrole nitrogens is 1. The summed E-state index contributed by atoms with van der Waals surface area (Å²) in [5.41, 5.74) is 3.71. The van der Waals surface area contributed by atoms with Crippen molar-refractivity contribution in [3.05, 3.63) is 35.5 Å². The average Bonchev–Trinajstić information content (AvgIpc) is 2.69. The standard InChI is InChI=1S/C16H19NO2/c1-9-14(10-6-4-5-7-12(10)17-9)15-11(8-13(18)19)16(15,2)3/h4-7,11,15,17H,8H2,1-3H3,(H,18,19)/t11-,15-/m0/s1. The largest absolute Gasteiger partial charge is 0.481 e. The second-order valence-electron chi connectivity index (χ2n) is 6.21. The third kappa shape index (κ3) is 1.76. The van der Waals surface area contributed by atoms with E-state index in [2.05, 4.69) is 37.9 Å². The van der Waals surface area contributed by atoms with Crippen molar-refractivity contribution in [1.29, 1.82) is 0 Å². The van der Waals surface area contributed by atoms with Crippen LogP contribution in [0.1, 0.15) is 37.4 Å². The van der Waals surface area contributed by atoms with Crippen LogP contribution in [-0.4, -0.2) is 16.1 Å². The molecule has 0 aliphatic heterocycles. The fourth-order valence-corrected chi connectivity index (χ4v) is 3.59. The number of fused-ring (bicyclic) bond motifs is 1. The highest BCUT2D eigenvalue weighted by molar-refractivity contribution is 5.86. The first kappa shape index (κ1) is 12.3. The van der Waals surface area contributed by atoms with Crippen molar-refractivity contribution in [1.82, 2.24) is 4.98 Å². The number of carboxylic acid groups (broad SMARTS) is 1. The summed E-state index contributed by atoms with van der Waals surface area (Å²) >= 11 is 0. The molecule has 1 aromatic carbocycles. The smallest absolute Gasteiger partial charge is 0.303 e. The van der Waals surface area contributed by atoms with Crippen LogP contribution < -0.4 is 0 Å². The summed E-state index contributed by atoms with van der Waals surface area (Å²) in [6, 6.07) is 8.27. The number of aryl methyl sites for hydroxylation is 1. The molecule has 100 valence electrons. The van der Waals surface area contributed by atoms with Crippen LogP contribution in [0.15, 0.2) is 24.3 Å². The molecule has 2 N–H and O–H groups in total. The van der Waals surface area contributed by atoms with Crippen molar-refractivity contribution < 1.29 is 9.90 Å². The minimum absolute atomic E-state index is 0.0775. The van der Waals surface area contributed by atoms with E-state index in [0.717, 1.165) is 5.52 Å². The highest BCUT2D eigenvalue weighted by Crippen LogP contribution is 2.67. The monoisotopic (exact) mass is 257 g/mol. The third-order valence-corrected chi connectivity index (χ3v) is 4.70. The van der Waals surface area contributed by atoms with E-state index in [9.17, 15) is 4.79 Å². The lowest BCUT2D eigenvalue weighted by atomic mass is 10.0. The minimum atomic E-state index is -0.696. The number of aliphatic carboxylic acids is 1. The summed E-state index contributed by atoms with van der Waals surface area (Å²) in [5.74, 6) is -0.110. The molecule has 3 heteroatoms. The van der Waals surface area contributed by atoms with Crippen molar-refractivity contribution in [3.63, 3.8) is 0 Å². The van der Waals surface area contributed by atoms with Crippen LogP contribution in [0, 0.1) is 18.3 Å². The van der Waals surface area contributed by atoms with Gasteiger partial charge < -0.3 is 10.1 Å². The molecule has 0 radical (unpaired) electrons. The van der Waals surface area contributed by atoms with Crippen LogP contribution in [-0.2, 0) is 4.79 Å². The van der Waals surface area contributed by atoms with Gasteiger partial charge in [0.1, 0.15) is 0 Å². The minimum Gasteiger partial charge on any atom is -0.481 e. The highest BCUT2D eigenvalue weighted by Gasteiger charge is 2.59. The van der Waals surface area contributed by atoms with Crippen molar-refractivity contribution in [3.8, 4) is 0 Å². The van der Waals surface area contributed by atoms with E-state index < -0.39 is 5.97 Å². The number of hydrogen-bond acceptors (Lipinski definition) is 1. The molecule has 1 saturated carbocycles. The maximum absolute atomic E-state index is 11.0. The number of benzene rings is 1. The molecule has 0 bridgehead atoms. The van der Waals surface area contributed by atoms with Gasteiger partial charge in [-0.1, -0.05) is 32.0 Å². The summed E-state index contributed by atoms with van der Waals surface area (Å²) in [7, 11) is 0. The molecule has 2 atom stereocenters. The van der Waals surface area contributed by atoms with E-state index in [-0.39, 0.29) is 17.8 Å². The van der Waals surface area contributed by atoms with Gasteiger partial charge in [0, 0.05) is 23.0 Å². The highest BCUT2D eigenvalue weighted by atomic mass is 16.4. The van der Waals surface area contributed by atoms with E-state index in [4.69, 9.17) is 5.11 Å². The number of aromatic amines is 1. The van der Waals surface area contributed by atoms with Gasteiger partial charge in [-0.15, -0.1) is 0 Å². The van der Waals surface area contributed by atoms with E-state index in [1.165, 1.54) is 16.6 Å². The summed E-state index contributed by atoms with van der Waals surface area (Å²) in [4.78, 5) is 14.4. The molecule has 0 amide bonds. The maximum Gasteiger partial charge on any atom is 0.303 e. The Bertz CT molecular complexity index is 654. The van der Waals surface area contributed by atoms with Gasteiger partial charge in [0.15, 0.2) is 0 Å². The molecule has 19 heavy (non-hydrogen) atoms. The van der Waals surface area contributed by atoms with Gasteiger partial charge >= 0.3 is 5.97 Å². The van der Waals surface area contributed by atoms with Gasteiger partial charge in [0.05, 0.1) is 0 Å². The van der Waals surface area contributed by atoms with E-state index >= 15 is 0 Å². The normalized spacial score (nSPS) is 24.6. The lowest BCUT2D eigenvalue weighted by molar-refractivity contribution is -0.137. The number of rotatable bonds is 3. The number of para-hydroxylation sites is 1. The van der Waals surface area contributed by atoms with E-state index in [0.29, 0.717) is 5.92 Å². The number of hydrogen-bond donors (Lipinski definition) is 2. The summed E-state index contributed by atoms with van der Waals surface area (Å²) in [6.45, 7) is 6.43. The lowest BCUT2D eigenvalue weighted by Crippen LogP contribution is -1.99. The Morgan fingerprint density at radius 3 is 2.74 bits per heavy atom. The Morgan fingerprint density at radius 1 is 1.37 bits per heavy atom. The quantitative estimate of drug-likeness (QED) is 0.881. The second kappa shape index (κ2) is 3.86. The Hall–Kier alpha value is -1.77. The number of carbonyl (C=O) groups is 1. The van der Waals surface area contributed by atoms with Gasteiger partial charge in [-0.3, -0.25) is 4.79 Å². The first-order chi connectivity index (χ1) is 8.93. The zero-order valence-electron chi connectivity index (χ0n) is 11.5. The Morgan fingerprint density at radius 2 is 2.05 bits per heavy atom. The zero-order chi connectivity index (χ0) is 13.8. The molecule has 1 fully saturated rings. The molecule has 3 nitrogen and oxygen atoms in total. The number of nitrogens with one attached hydrogen (secondary N) is 1. The maximum atomic E-state index is 11.0. The van der Waals surface area contributed by atoms with E-state index in [1.807, 2.05) is 12.1 Å². The number of carboxylic acids is 1. The fraction of sp³-hybridized carbons (Fsp3) is 0.438. The first-order valence-corrected chi connectivity index (χ1v) is 6.72. The molecule has 1 heterocycles. The Kier molecular flexibility index (Phi) is 2.49. The van der Waals surface area contributed by atoms with Gasteiger partial charge in [-0.05, 0) is 35.8 Å². The molecule has 1 aliphatic carbocycles. The predicted molar refractivity (Wildman–Crippen MR) is 75.3 cm³/mol. The summed E-state index contributed by atoms with van der Waals surface area (Å²) < 4.78 is 0. The van der Waals surface area contributed by atoms with Crippen LogP contribution in [0.2, 0.25) is 0 Å². The fourth-order valence-electron chi connectivity index (χ4n) is 3.59. The van der Waals surface area contributed by atoms with Gasteiger partial charge in [0.25, 0.3) is 0 Å². The van der Waals surface area contributed by atoms with Gasteiger partial charge in [-0.25, -0.2) is 0 Å². The Balaban J connectivity index is 2.06. The second-order valence-corrected chi connectivity index (χ2v) is 6.21. The lowest BCUT2D eigenvalue weighted by Gasteiger charge is -2.03. The zero-order valence-corrected chi connectivity index (χ0v) is 11.5. The molecule has 1 aliphatic rings. The molecular weight excluding hydrogens is 238 g/mol. The molecule has 0 saturated heterocycles. The first-order valence-electron chi connectivity index (χ1n) is 6.72. The summed E-state index contributed by atoms with van der Waals surface area (Å²) in [5, 5.41) is 10.3. The van der Waals surface area contributed by atoms with Crippen LogP contribution >= 0.6 is 0 Å². The SMILES string of the molecule is Cc1[nH]c2ccccc2c1[C@@H]1[C@H](CC(=O)O)C1(C)C. The van der Waals surface area contributed by atoms with Gasteiger partial charge in [0.2, 0.25) is 0 Å². The molecule has 0 spiro atoms. The summed E-state index contributed by atoms with van der Waals surface area (Å²) in [6.07, 6.45) is 0.261. The third-order valence-electron chi connectivity index (χ3n) is 4.70. The van der Waals surface area contributed by atoms with E-state index in [1.54, 1.807) is 0 Å². The average molecular weight is 257 g/mol. The van der Waals surface area contributed by atoms with Crippen molar-refractivity contribution in [2.75, 3.05) is 0 Å². The Labute approximate surface area is 112 Å². The van der Waals surface area contributed by atoms with Crippen molar-refractivity contribution in [2.45, 2.75) is 33.1 Å². The molecule has 3 rings (SSSR count). The van der Waals surface area contributed by atoms with Crippen molar-refractivity contribution in [2.24, 2.45) is 11.3 Å².